The van der Waals surface area contributed by atoms with Crippen LogP contribution in [-0.2, 0) is 19.4 Å². The summed E-state index contributed by atoms with van der Waals surface area (Å²) in [7, 11) is 0. The van der Waals surface area contributed by atoms with Gasteiger partial charge in [0, 0.05) is 17.6 Å². The number of hydrogen-bond acceptors (Lipinski definition) is 2. The van der Waals surface area contributed by atoms with Crippen LogP contribution in [0, 0.1) is 13.8 Å². The number of benzene rings is 1. The van der Waals surface area contributed by atoms with Gasteiger partial charge in [0.2, 0.25) is 0 Å². The van der Waals surface area contributed by atoms with E-state index in [-0.39, 0.29) is 0 Å². The molecule has 0 spiro atoms. The molecule has 0 bridgehead atoms. The molecule has 1 aliphatic carbocycles. The van der Waals surface area contributed by atoms with Crippen molar-refractivity contribution < 1.29 is 0 Å². The molecule has 0 aliphatic heterocycles. The van der Waals surface area contributed by atoms with Gasteiger partial charge in [-0.3, -0.25) is 4.98 Å². The molecule has 3 rings (SSSR count). The molecule has 2 heteroatoms. The average molecular weight is 282 g/mol. The third-order valence-electron chi connectivity index (χ3n) is 4.55. The molecule has 0 saturated heterocycles. The maximum atomic E-state index is 5.02. The highest BCUT2D eigenvalue weighted by atomic mass is 14.8. The summed E-state index contributed by atoms with van der Waals surface area (Å²) < 4.78 is 0. The number of rotatable bonds is 4. The Kier molecular flexibility index (Phi) is 4.25. The van der Waals surface area contributed by atoms with Gasteiger partial charge in [-0.25, -0.2) is 0 Å². The zero-order valence-electron chi connectivity index (χ0n) is 13.6. The number of nitrogens with zero attached hydrogens (tertiary/aromatic N) is 1. The SMILES string of the molecule is CCCNCc1c2c(nc3c(C)cc(C)cc13)CCCC2. The second-order valence-electron chi connectivity index (χ2n) is 6.38. The van der Waals surface area contributed by atoms with E-state index in [0.717, 1.165) is 19.5 Å². The first-order valence-corrected chi connectivity index (χ1v) is 8.33. The highest BCUT2D eigenvalue weighted by Crippen LogP contribution is 2.31. The molecule has 1 heterocycles. The minimum atomic E-state index is 0.984. The number of aryl methyl sites for hydroxylation is 3. The third kappa shape index (κ3) is 2.82. The zero-order chi connectivity index (χ0) is 14.8. The first-order chi connectivity index (χ1) is 10.2. The fourth-order valence-electron chi connectivity index (χ4n) is 3.57. The molecule has 1 aliphatic rings. The summed E-state index contributed by atoms with van der Waals surface area (Å²) in [5.74, 6) is 0. The van der Waals surface area contributed by atoms with Crippen LogP contribution in [0.15, 0.2) is 12.1 Å². The van der Waals surface area contributed by atoms with E-state index in [0.29, 0.717) is 0 Å². The zero-order valence-corrected chi connectivity index (χ0v) is 13.6. The van der Waals surface area contributed by atoms with Crippen LogP contribution in [-0.4, -0.2) is 11.5 Å². The molecule has 1 aromatic carbocycles. The van der Waals surface area contributed by atoms with Gasteiger partial charge in [0.1, 0.15) is 0 Å². The van der Waals surface area contributed by atoms with Gasteiger partial charge in [0.15, 0.2) is 0 Å². The molecule has 0 amide bonds. The van der Waals surface area contributed by atoms with Crippen LogP contribution in [0.5, 0.6) is 0 Å². The van der Waals surface area contributed by atoms with E-state index in [9.17, 15) is 0 Å². The molecule has 0 unspecified atom stereocenters. The smallest absolute Gasteiger partial charge is 0.0738 e. The molecule has 0 radical (unpaired) electrons. The van der Waals surface area contributed by atoms with Crippen LogP contribution in [0.3, 0.4) is 0 Å². The second-order valence-corrected chi connectivity index (χ2v) is 6.38. The average Bonchev–Trinajstić information content (AvgIpc) is 2.47. The molecule has 2 aromatic rings. The van der Waals surface area contributed by atoms with Gasteiger partial charge in [-0.1, -0.05) is 18.6 Å². The van der Waals surface area contributed by atoms with E-state index in [1.54, 1.807) is 0 Å². The van der Waals surface area contributed by atoms with Crippen molar-refractivity contribution in [3.63, 3.8) is 0 Å². The lowest BCUT2D eigenvalue weighted by molar-refractivity contribution is 0.640. The van der Waals surface area contributed by atoms with Gasteiger partial charge >= 0.3 is 0 Å². The second kappa shape index (κ2) is 6.15. The summed E-state index contributed by atoms with van der Waals surface area (Å²) in [6.45, 7) is 8.68. The normalized spacial score (nSPS) is 14.4. The van der Waals surface area contributed by atoms with Crippen molar-refractivity contribution in [1.29, 1.82) is 0 Å². The van der Waals surface area contributed by atoms with Crippen molar-refractivity contribution in [3.05, 3.63) is 40.1 Å². The van der Waals surface area contributed by atoms with Crippen LogP contribution in [0.4, 0.5) is 0 Å². The Morgan fingerprint density at radius 1 is 1.14 bits per heavy atom. The summed E-state index contributed by atoms with van der Waals surface area (Å²) in [6, 6.07) is 4.58. The Morgan fingerprint density at radius 2 is 1.95 bits per heavy atom. The van der Waals surface area contributed by atoms with Gasteiger partial charge in [-0.15, -0.1) is 0 Å². The van der Waals surface area contributed by atoms with Crippen LogP contribution in [0.2, 0.25) is 0 Å². The summed E-state index contributed by atoms with van der Waals surface area (Å²) in [6.07, 6.45) is 6.14. The van der Waals surface area contributed by atoms with Gasteiger partial charge in [0.25, 0.3) is 0 Å². The lowest BCUT2D eigenvalue weighted by Crippen LogP contribution is -2.18. The van der Waals surface area contributed by atoms with E-state index in [1.807, 2.05) is 0 Å². The molecule has 1 aromatic heterocycles. The molecule has 2 nitrogen and oxygen atoms in total. The maximum Gasteiger partial charge on any atom is 0.0738 e. The first-order valence-electron chi connectivity index (χ1n) is 8.33. The summed E-state index contributed by atoms with van der Waals surface area (Å²) >= 11 is 0. The predicted molar refractivity (Wildman–Crippen MR) is 89.9 cm³/mol. The highest BCUT2D eigenvalue weighted by Gasteiger charge is 2.18. The standard InChI is InChI=1S/C19H26N2/c1-4-9-20-12-17-15-7-5-6-8-18(15)21-19-14(3)10-13(2)11-16(17)19/h10-11,20H,4-9,12H2,1-3H3. The fraction of sp³-hybridized carbons (Fsp3) is 0.526. The minimum absolute atomic E-state index is 0.984. The van der Waals surface area contributed by atoms with Gasteiger partial charge < -0.3 is 5.32 Å². The largest absolute Gasteiger partial charge is 0.313 e. The van der Waals surface area contributed by atoms with E-state index in [1.165, 1.54) is 64.5 Å². The van der Waals surface area contributed by atoms with E-state index in [4.69, 9.17) is 4.98 Å². The monoisotopic (exact) mass is 282 g/mol. The van der Waals surface area contributed by atoms with Gasteiger partial charge in [0.05, 0.1) is 5.52 Å². The van der Waals surface area contributed by atoms with Crippen molar-refractivity contribution in [3.8, 4) is 0 Å². The Labute approximate surface area is 128 Å². The van der Waals surface area contributed by atoms with Crippen LogP contribution in [0.1, 0.15) is 54.1 Å². The Balaban J connectivity index is 2.18. The van der Waals surface area contributed by atoms with E-state index >= 15 is 0 Å². The Hall–Kier alpha value is -1.41. The van der Waals surface area contributed by atoms with Crippen LogP contribution >= 0.6 is 0 Å². The summed E-state index contributed by atoms with van der Waals surface area (Å²) in [4.78, 5) is 5.02. The van der Waals surface area contributed by atoms with Crippen LogP contribution < -0.4 is 5.32 Å². The maximum absolute atomic E-state index is 5.02. The Morgan fingerprint density at radius 3 is 2.76 bits per heavy atom. The Bertz CT molecular complexity index is 658. The van der Waals surface area contributed by atoms with Gasteiger partial charge in [-0.2, -0.15) is 0 Å². The number of hydrogen-bond donors (Lipinski definition) is 1. The lowest BCUT2D eigenvalue weighted by atomic mass is 9.88. The fourth-order valence-corrected chi connectivity index (χ4v) is 3.57. The molecule has 21 heavy (non-hydrogen) atoms. The topological polar surface area (TPSA) is 24.9 Å². The van der Waals surface area contributed by atoms with Gasteiger partial charge in [-0.05, 0) is 75.3 Å². The first kappa shape index (κ1) is 14.5. The molecular weight excluding hydrogens is 256 g/mol. The molecule has 112 valence electrons. The van der Waals surface area contributed by atoms with Crippen molar-refractivity contribution in [1.82, 2.24) is 10.3 Å². The highest BCUT2D eigenvalue weighted by molar-refractivity contribution is 5.87. The minimum Gasteiger partial charge on any atom is -0.313 e. The number of aromatic nitrogens is 1. The quantitative estimate of drug-likeness (QED) is 0.849. The van der Waals surface area contributed by atoms with E-state index < -0.39 is 0 Å². The van der Waals surface area contributed by atoms with Crippen LogP contribution in [0.25, 0.3) is 10.9 Å². The van der Waals surface area contributed by atoms with Crippen molar-refractivity contribution in [2.75, 3.05) is 6.54 Å². The number of fused-ring (bicyclic) bond motifs is 2. The van der Waals surface area contributed by atoms with Crippen molar-refractivity contribution in [2.45, 2.75) is 59.4 Å². The molecule has 0 atom stereocenters. The lowest BCUT2D eigenvalue weighted by Gasteiger charge is -2.22. The molecule has 1 N–H and O–H groups in total. The third-order valence-corrected chi connectivity index (χ3v) is 4.55. The number of nitrogens with one attached hydrogen (secondary N) is 1. The molecular formula is C19H26N2. The summed E-state index contributed by atoms with van der Waals surface area (Å²) in [5, 5.41) is 4.98. The molecule has 0 saturated carbocycles. The van der Waals surface area contributed by atoms with Crippen molar-refractivity contribution >= 4 is 10.9 Å². The predicted octanol–water partition coefficient (Wildman–Crippen LogP) is 4.23. The summed E-state index contributed by atoms with van der Waals surface area (Å²) in [5.41, 5.74) is 8.27. The van der Waals surface area contributed by atoms with E-state index in [2.05, 4.69) is 38.2 Å². The molecule has 0 fully saturated rings. The van der Waals surface area contributed by atoms with Crippen molar-refractivity contribution in [2.24, 2.45) is 0 Å². The number of pyridine rings is 1.